The number of rotatable bonds is 4. The molecular weight excluding hydrogens is 288 g/mol. The first-order valence-corrected chi connectivity index (χ1v) is 8.03. The van der Waals surface area contributed by atoms with Crippen molar-refractivity contribution in [2.24, 2.45) is 0 Å². The van der Waals surface area contributed by atoms with E-state index in [4.69, 9.17) is 4.74 Å². The number of carbonyl (C=O) groups excluding carboxylic acids is 1. The maximum Gasteiger partial charge on any atom is 0.260 e. The van der Waals surface area contributed by atoms with Crippen molar-refractivity contribution in [1.29, 1.82) is 0 Å². The van der Waals surface area contributed by atoms with E-state index >= 15 is 0 Å². The fraction of sp³-hybridized carbons (Fsp3) is 0.316. The van der Waals surface area contributed by atoms with Crippen LogP contribution in [-0.4, -0.2) is 43.1 Å². The normalized spacial score (nSPS) is 17.8. The third-order valence-electron chi connectivity index (χ3n) is 4.14. The minimum Gasteiger partial charge on any atom is -0.483 e. The van der Waals surface area contributed by atoms with Crippen molar-refractivity contribution in [2.45, 2.75) is 13.0 Å². The van der Waals surface area contributed by atoms with Gasteiger partial charge in [0.1, 0.15) is 5.75 Å². The summed E-state index contributed by atoms with van der Waals surface area (Å²) in [6, 6.07) is 18.1. The summed E-state index contributed by atoms with van der Waals surface area (Å²) in [4.78, 5) is 14.3. The maximum absolute atomic E-state index is 12.4. The van der Waals surface area contributed by atoms with Crippen LogP contribution < -0.4 is 10.1 Å². The Morgan fingerprint density at radius 3 is 2.70 bits per heavy atom. The van der Waals surface area contributed by atoms with Gasteiger partial charge in [0.25, 0.3) is 5.91 Å². The SMILES string of the molecule is C[C@@H]1CNCCN1C(=O)COc1ccccc1-c1ccccc1. The lowest BCUT2D eigenvalue weighted by Gasteiger charge is -2.33. The number of nitrogens with zero attached hydrogens (tertiary/aromatic N) is 1. The van der Waals surface area contributed by atoms with Crippen molar-refractivity contribution >= 4 is 5.91 Å². The van der Waals surface area contributed by atoms with E-state index in [0.29, 0.717) is 0 Å². The van der Waals surface area contributed by atoms with Gasteiger partial charge < -0.3 is 15.0 Å². The van der Waals surface area contributed by atoms with Gasteiger partial charge in [-0.1, -0.05) is 48.5 Å². The molecule has 1 atom stereocenters. The zero-order valence-corrected chi connectivity index (χ0v) is 13.4. The molecule has 0 unspecified atom stereocenters. The molecule has 0 aromatic heterocycles. The molecule has 4 heteroatoms. The monoisotopic (exact) mass is 310 g/mol. The van der Waals surface area contributed by atoms with E-state index < -0.39 is 0 Å². The summed E-state index contributed by atoms with van der Waals surface area (Å²) in [5, 5.41) is 3.29. The molecule has 3 rings (SSSR count). The van der Waals surface area contributed by atoms with Crippen LogP contribution in [0, 0.1) is 0 Å². The standard InChI is InChI=1S/C19H22N2O2/c1-15-13-20-11-12-21(15)19(22)14-23-18-10-6-5-9-17(18)16-7-3-2-4-8-16/h2-10,15,20H,11-14H2,1H3/t15-/m1/s1. The van der Waals surface area contributed by atoms with Crippen LogP contribution in [0.15, 0.2) is 54.6 Å². The maximum atomic E-state index is 12.4. The second-order valence-electron chi connectivity index (χ2n) is 5.79. The minimum absolute atomic E-state index is 0.0434. The highest BCUT2D eigenvalue weighted by atomic mass is 16.5. The van der Waals surface area contributed by atoms with Gasteiger partial charge in [0.2, 0.25) is 0 Å². The third kappa shape index (κ3) is 3.71. The summed E-state index contributed by atoms with van der Waals surface area (Å²) in [6.07, 6.45) is 0. The molecule has 1 fully saturated rings. The zero-order chi connectivity index (χ0) is 16.1. The lowest BCUT2D eigenvalue weighted by atomic mass is 10.1. The summed E-state index contributed by atoms with van der Waals surface area (Å²) >= 11 is 0. The van der Waals surface area contributed by atoms with Crippen LogP contribution in [0.5, 0.6) is 5.75 Å². The smallest absolute Gasteiger partial charge is 0.260 e. The molecule has 0 radical (unpaired) electrons. The van der Waals surface area contributed by atoms with Crippen molar-refractivity contribution in [2.75, 3.05) is 26.2 Å². The van der Waals surface area contributed by atoms with E-state index in [0.717, 1.165) is 36.5 Å². The average Bonchev–Trinajstić information content (AvgIpc) is 2.61. The lowest BCUT2D eigenvalue weighted by Crippen LogP contribution is -2.53. The molecule has 1 amide bonds. The average molecular weight is 310 g/mol. The van der Waals surface area contributed by atoms with Gasteiger partial charge in [0.05, 0.1) is 0 Å². The molecule has 2 aromatic rings. The number of ether oxygens (including phenoxy) is 1. The molecule has 4 nitrogen and oxygen atoms in total. The predicted molar refractivity (Wildman–Crippen MR) is 91.4 cm³/mol. The van der Waals surface area contributed by atoms with Gasteiger partial charge in [0, 0.05) is 31.2 Å². The Labute approximate surface area is 137 Å². The first-order chi connectivity index (χ1) is 11.3. The second-order valence-corrected chi connectivity index (χ2v) is 5.79. The zero-order valence-electron chi connectivity index (χ0n) is 13.4. The van der Waals surface area contributed by atoms with Crippen LogP contribution >= 0.6 is 0 Å². The van der Waals surface area contributed by atoms with Gasteiger partial charge in [-0.3, -0.25) is 4.79 Å². The molecule has 1 aliphatic rings. The van der Waals surface area contributed by atoms with E-state index in [1.54, 1.807) is 0 Å². The van der Waals surface area contributed by atoms with Crippen molar-refractivity contribution in [1.82, 2.24) is 10.2 Å². The van der Waals surface area contributed by atoms with Gasteiger partial charge in [-0.25, -0.2) is 0 Å². The predicted octanol–water partition coefficient (Wildman–Crippen LogP) is 2.55. The van der Waals surface area contributed by atoms with Crippen molar-refractivity contribution in [3.8, 4) is 16.9 Å². The topological polar surface area (TPSA) is 41.6 Å². The minimum atomic E-state index is 0.0434. The first kappa shape index (κ1) is 15.6. The quantitative estimate of drug-likeness (QED) is 0.943. The number of hydrogen-bond acceptors (Lipinski definition) is 3. The Balaban J connectivity index is 1.70. The molecule has 0 aliphatic carbocycles. The van der Waals surface area contributed by atoms with E-state index in [9.17, 15) is 4.79 Å². The van der Waals surface area contributed by atoms with Crippen molar-refractivity contribution in [3.05, 3.63) is 54.6 Å². The highest BCUT2D eigenvalue weighted by Crippen LogP contribution is 2.29. The van der Waals surface area contributed by atoms with Gasteiger partial charge in [-0.2, -0.15) is 0 Å². The van der Waals surface area contributed by atoms with Crippen molar-refractivity contribution in [3.63, 3.8) is 0 Å². The second kappa shape index (κ2) is 7.29. The summed E-state index contributed by atoms with van der Waals surface area (Å²) in [5.74, 6) is 0.789. The molecule has 1 N–H and O–H groups in total. The van der Waals surface area contributed by atoms with Gasteiger partial charge >= 0.3 is 0 Å². The highest BCUT2D eigenvalue weighted by Gasteiger charge is 2.23. The molecule has 0 spiro atoms. The fourth-order valence-electron chi connectivity index (χ4n) is 2.88. The van der Waals surface area contributed by atoms with Crippen LogP contribution in [-0.2, 0) is 4.79 Å². The molecule has 1 saturated heterocycles. The molecule has 1 aliphatic heterocycles. The van der Waals surface area contributed by atoms with Crippen LogP contribution in [0.3, 0.4) is 0 Å². The fourth-order valence-corrected chi connectivity index (χ4v) is 2.88. The summed E-state index contributed by atoms with van der Waals surface area (Å²) < 4.78 is 5.84. The third-order valence-corrected chi connectivity index (χ3v) is 4.14. The van der Waals surface area contributed by atoms with Crippen LogP contribution in [0.25, 0.3) is 11.1 Å². The van der Waals surface area contributed by atoms with Crippen LogP contribution in [0.2, 0.25) is 0 Å². The molecule has 2 aromatic carbocycles. The Morgan fingerprint density at radius 2 is 1.91 bits per heavy atom. The van der Waals surface area contributed by atoms with E-state index in [2.05, 4.69) is 12.2 Å². The first-order valence-electron chi connectivity index (χ1n) is 8.03. The molecule has 23 heavy (non-hydrogen) atoms. The highest BCUT2D eigenvalue weighted by molar-refractivity contribution is 5.79. The molecule has 0 bridgehead atoms. The summed E-state index contributed by atoms with van der Waals surface area (Å²) in [7, 11) is 0. The largest absolute Gasteiger partial charge is 0.483 e. The molecule has 0 saturated carbocycles. The Kier molecular flexibility index (Phi) is 4.93. The van der Waals surface area contributed by atoms with Crippen LogP contribution in [0.4, 0.5) is 0 Å². The summed E-state index contributed by atoms with van der Waals surface area (Å²) in [5.41, 5.74) is 2.10. The van der Waals surface area contributed by atoms with Gasteiger partial charge in [-0.15, -0.1) is 0 Å². The number of carbonyl (C=O) groups is 1. The lowest BCUT2D eigenvalue weighted by molar-refractivity contribution is -0.136. The van der Waals surface area contributed by atoms with E-state index in [1.165, 1.54) is 0 Å². The number of benzene rings is 2. The number of nitrogens with one attached hydrogen (secondary N) is 1. The van der Waals surface area contributed by atoms with Crippen molar-refractivity contribution < 1.29 is 9.53 Å². The van der Waals surface area contributed by atoms with E-state index in [1.807, 2.05) is 59.5 Å². The Hall–Kier alpha value is -2.33. The molecule has 1 heterocycles. The molecular formula is C19H22N2O2. The van der Waals surface area contributed by atoms with E-state index in [-0.39, 0.29) is 18.6 Å². The number of hydrogen-bond donors (Lipinski definition) is 1. The van der Waals surface area contributed by atoms with Crippen LogP contribution in [0.1, 0.15) is 6.92 Å². The van der Waals surface area contributed by atoms with Gasteiger partial charge in [0.15, 0.2) is 6.61 Å². The number of para-hydroxylation sites is 1. The summed E-state index contributed by atoms with van der Waals surface area (Å²) in [6.45, 7) is 4.56. The number of amides is 1. The molecule has 120 valence electrons. The Bertz CT molecular complexity index is 657. The Morgan fingerprint density at radius 1 is 1.17 bits per heavy atom. The number of piperazine rings is 1. The van der Waals surface area contributed by atoms with Gasteiger partial charge in [-0.05, 0) is 18.6 Å².